The molecule has 1 heterocycles. The van der Waals surface area contributed by atoms with E-state index < -0.39 is 0 Å². The molecule has 0 unspecified atom stereocenters. The number of ether oxygens (including phenoxy) is 1. The summed E-state index contributed by atoms with van der Waals surface area (Å²) in [6.45, 7) is 6.10. The lowest BCUT2D eigenvalue weighted by Gasteiger charge is -2.08. The number of hydrogen-bond acceptors (Lipinski definition) is 5. The quantitative estimate of drug-likeness (QED) is 0.453. The summed E-state index contributed by atoms with van der Waals surface area (Å²) >= 11 is 7.29. The van der Waals surface area contributed by atoms with Crippen molar-refractivity contribution in [2.45, 2.75) is 25.4 Å². The minimum absolute atomic E-state index is 0.217. The first-order valence-electron chi connectivity index (χ1n) is 6.47. The zero-order valence-corrected chi connectivity index (χ0v) is 13.6. The van der Waals surface area contributed by atoms with Crippen LogP contribution in [0, 0.1) is 5.92 Å². The Balaban J connectivity index is 2.36. The van der Waals surface area contributed by atoms with Crippen molar-refractivity contribution in [2.24, 2.45) is 5.92 Å². The number of carbonyl (C=O) groups is 1. The zero-order chi connectivity index (χ0) is 15.0. The maximum Gasteiger partial charge on any atom is 0.271 e. The van der Waals surface area contributed by atoms with Gasteiger partial charge in [-0.05, 0) is 18.6 Å². The van der Waals surface area contributed by atoms with Gasteiger partial charge in [0, 0.05) is 19.8 Å². The third-order valence-corrected chi connectivity index (χ3v) is 3.16. The highest BCUT2D eigenvalue weighted by molar-refractivity contribution is 7.98. The minimum atomic E-state index is -0.281. The standard InChI is InChI=1S/C13H20ClN3O2S/c1-9(2)8-19-6-4-5-15-12(18)11-10(14)7-16-13(17-11)20-3/h7,9H,4-6,8H2,1-3H3,(H,15,18). The molecule has 0 bridgehead atoms. The fourth-order valence-corrected chi connectivity index (χ4v) is 1.90. The fourth-order valence-electron chi connectivity index (χ4n) is 1.39. The predicted octanol–water partition coefficient (Wildman–Crippen LogP) is 2.64. The topological polar surface area (TPSA) is 64.1 Å². The highest BCUT2D eigenvalue weighted by Crippen LogP contribution is 2.16. The van der Waals surface area contributed by atoms with Gasteiger partial charge in [0.15, 0.2) is 10.9 Å². The Morgan fingerprint density at radius 3 is 2.95 bits per heavy atom. The number of nitrogens with zero attached hydrogens (tertiary/aromatic N) is 2. The van der Waals surface area contributed by atoms with Gasteiger partial charge in [0.25, 0.3) is 5.91 Å². The van der Waals surface area contributed by atoms with Gasteiger partial charge in [-0.2, -0.15) is 0 Å². The highest BCUT2D eigenvalue weighted by Gasteiger charge is 2.13. The van der Waals surface area contributed by atoms with Crippen LogP contribution in [0.5, 0.6) is 0 Å². The average molecular weight is 318 g/mol. The third-order valence-electron chi connectivity index (χ3n) is 2.32. The summed E-state index contributed by atoms with van der Waals surface area (Å²) in [4.78, 5) is 20.0. The lowest BCUT2D eigenvalue weighted by Crippen LogP contribution is -2.26. The first-order valence-corrected chi connectivity index (χ1v) is 8.07. The molecule has 0 saturated heterocycles. The van der Waals surface area contributed by atoms with Gasteiger partial charge >= 0.3 is 0 Å². The molecule has 1 aromatic heterocycles. The van der Waals surface area contributed by atoms with Gasteiger partial charge in [-0.25, -0.2) is 9.97 Å². The maximum atomic E-state index is 11.9. The lowest BCUT2D eigenvalue weighted by atomic mass is 10.2. The second kappa shape index (κ2) is 9.15. The van der Waals surface area contributed by atoms with Crippen molar-refractivity contribution < 1.29 is 9.53 Å². The Morgan fingerprint density at radius 2 is 2.30 bits per heavy atom. The molecule has 0 radical (unpaired) electrons. The van der Waals surface area contributed by atoms with Crippen molar-refractivity contribution in [1.82, 2.24) is 15.3 Å². The summed E-state index contributed by atoms with van der Waals surface area (Å²) in [5, 5.41) is 3.56. The summed E-state index contributed by atoms with van der Waals surface area (Å²) in [7, 11) is 0. The second-order valence-corrected chi connectivity index (χ2v) is 5.81. The van der Waals surface area contributed by atoms with Crippen molar-refractivity contribution in [2.75, 3.05) is 26.0 Å². The molecule has 0 aromatic carbocycles. The molecule has 0 aliphatic heterocycles. The highest BCUT2D eigenvalue weighted by atomic mass is 35.5. The van der Waals surface area contributed by atoms with Crippen LogP contribution in [0.3, 0.4) is 0 Å². The summed E-state index contributed by atoms with van der Waals surface area (Å²) in [6.07, 6.45) is 4.05. The average Bonchev–Trinajstić information content (AvgIpc) is 2.42. The minimum Gasteiger partial charge on any atom is -0.381 e. The molecule has 1 amide bonds. The van der Waals surface area contributed by atoms with Crippen LogP contribution < -0.4 is 5.32 Å². The van der Waals surface area contributed by atoms with Gasteiger partial charge in [-0.1, -0.05) is 37.2 Å². The number of amides is 1. The van der Waals surface area contributed by atoms with Crippen LogP contribution in [0.1, 0.15) is 30.8 Å². The predicted molar refractivity (Wildman–Crippen MR) is 81.4 cm³/mol. The molecule has 0 atom stereocenters. The molecule has 1 aromatic rings. The Bertz CT molecular complexity index is 444. The monoisotopic (exact) mass is 317 g/mol. The molecule has 1 rings (SSSR count). The normalized spacial score (nSPS) is 10.8. The molecule has 0 saturated carbocycles. The molecule has 0 aliphatic carbocycles. The summed E-state index contributed by atoms with van der Waals surface area (Å²) in [5.41, 5.74) is 0.217. The van der Waals surface area contributed by atoms with E-state index in [4.69, 9.17) is 16.3 Å². The van der Waals surface area contributed by atoms with E-state index in [0.717, 1.165) is 13.0 Å². The van der Waals surface area contributed by atoms with Crippen LogP contribution in [-0.4, -0.2) is 41.9 Å². The molecule has 0 fully saturated rings. The van der Waals surface area contributed by atoms with Crippen molar-refractivity contribution >= 4 is 29.3 Å². The first-order chi connectivity index (χ1) is 9.54. The molecule has 1 N–H and O–H groups in total. The van der Waals surface area contributed by atoms with Crippen LogP contribution in [-0.2, 0) is 4.74 Å². The van der Waals surface area contributed by atoms with E-state index in [1.807, 2.05) is 6.26 Å². The Hall–Kier alpha value is -0.850. The largest absolute Gasteiger partial charge is 0.381 e. The second-order valence-electron chi connectivity index (χ2n) is 4.63. The van der Waals surface area contributed by atoms with Crippen LogP contribution in [0.15, 0.2) is 11.4 Å². The fraction of sp³-hybridized carbons (Fsp3) is 0.615. The van der Waals surface area contributed by atoms with E-state index in [2.05, 4.69) is 29.1 Å². The van der Waals surface area contributed by atoms with Crippen LogP contribution in [0.4, 0.5) is 0 Å². The number of nitrogens with one attached hydrogen (secondary N) is 1. The summed E-state index contributed by atoms with van der Waals surface area (Å²) < 4.78 is 5.44. The van der Waals surface area contributed by atoms with Crippen molar-refractivity contribution in [3.05, 3.63) is 16.9 Å². The Morgan fingerprint density at radius 1 is 1.55 bits per heavy atom. The zero-order valence-electron chi connectivity index (χ0n) is 12.0. The van der Waals surface area contributed by atoms with Gasteiger partial charge in [-0.3, -0.25) is 4.79 Å². The van der Waals surface area contributed by atoms with Gasteiger partial charge in [0.05, 0.1) is 11.2 Å². The summed E-state index contributed by atoms with van der Waals surface area (Å²) in [5.74, 6) is 0.242. The molecular weight excluding hydrogens is 298 g/mol. The van der Waals surface area contributed by atoms with Gasteiger partial charge < -0.3 is 10.1 Å². The van der Waals surface area contributed by atoms with Gasteiger partial charge in [0.1, 0.15) is 0 Å². The van der Waals surface area contributed by atoms with Crippen LogP contribution in [0.2, 0.25) is 5.02 Å². The Kier molecular flexibility index (Phi) is 7.87. The van der Waals surface area contributed by atoms with Crippen molar-refractivity contribution in [1.29, 1.82) is 0 Å². The molecule has 112 valence electrons. The SMILES string of the molecule is CSc1ncc(Cl)c(C(=O)NCCCOCC(C)C)n1. The molecule has 20 heavy (non-hydrogen) atoms. The van der Waals surface area contributed by atoms with E-state index in [9.17, 15) is 4.79 Å². The molecule has 0 spiro atoms. The summed E-state index contributed by atoms with van der Waals surface area (Å²) in [6, 6.07) is 0. The van der Waals surface area contributed by atoms with E-state index >= 15 is 0 Å². The van der Waals surface area contributed by atoms with Gasteiger partial charge in [-0.15, -0.1) is 0 Å². The lowest BCUT2D eigenvalue weighted by molar-refractivity contribution is 0.0920. The number of thioether (sulfide) groups is 1. The molecule has 0 aliphatic rings. The smallest absolute Gasteiger partial charge is 0.271 e. The molecule has 7 heteroatoms. The van der Waals surface area contributed by atoms with Crippen LogP contribution in [0.25, 0.3) is 0 Å². The molecule has 5 nitrogen and oxygen atoms in total. The number of carbonyl (C=O) groups excluding carboxylic acids is 1. The first kappa shape index (κ1) is 17.2. The number of hydrogen-bond donors (Lipinski definition) is 1. The van der Waals surface area contributed by atoms with E-state index in [1.54, 1.807) is 0 Å². The third kappa shape index (κ3) is 6.07. The van der Waals surface area contributed by atoms with E-state index in [-0.39, 0.29) is 16.6 Å². The maximum absolute atomic E-state index is 11.9. The number of halogens is 1. The number of rotatable bonds is 8. The Labute approximate surface area is 128 Å². The van der Waals surface area contributed by atoms with Gasteiger partial charge in [0.2, 0.25) is 0 Å². The molecular formula is C13H20ClN3O2S. The van der Waals surface area contributed by atoms with E-state index in [0.29, 0.717) is 24.2 Å². The van der Waals surface area contributed by atoms with Crippen LogP contribution >= 0.6 is 23.4 Å². The van der Waals surface area contributed by atoms with E-state index in [1.165, 1.54) is 18.0 Å². The van der Waals surface area contributed by atoms with Crippen molar-refractivity contribution in [3.63, 3.8) is 0 Å². The van der Waals surface area contributed by atoms with Crippen molar-refractivity contribution in [3.8, 4) is 0 Å². The number of aromatic nitrogens is 2.